The number of likely N-dealkylation sites (tertiary alicyclic amines) is 1. The van der Waals surface area contributed by atoms with Crippen molar-refractivity contribution in [2.24, 2.45) is 0 Å². The van der Waals surface area contributed by atoms with E-state index in [-0.39, 0.29) is 41.9 Å². The zero-order chi connectivity index (χ0) is 21.9. The highest BCUT2D eigenvalue weighted by Crippen LogP contribution is 2.64. The Morgan fingerprint density at radius 1 is 1.61 bits per heavy atom. The van der Waals surface area contributed by atoms with Crippen molar-refractivity contribution in [1.29, 1.82) is 1.43 Å². The number of aliphatic hydroxyl groups is 1. The summed E-state index contributed by atoms with van der Waals surface area (Å²) in [5, 5.41) is 5.33. The third kappa shape index (κ3) is 1.32. The molecule has 2 aliphatic heterocycles. The van der Waals surface area contributed by atoms with Crippen LogP contribution in [0, 0.1) is 0 Å². The summed E-state index contributed by atoms with van der Waals surface area (Å²) in [6, 6.07) is 1.82. The first kappa shape index (κ1) is 8.49. The van der Waals surface area contributed by atoms with E-state index in [1.165, 1.54) is 12.1 Å². The van der Waals surface area contributed by atoms with E-state index in [1.54, 1.807) is 11.9 Å². The Morgan fingerprint density at radius 2 is 2.52 bits per heavy atom. The van der Waals surface area contributed by atoms with Crippen molar-refractivity contribution in [1.82, 2.24) is 4.90 Å². The number of piperidine rings is 1. The lowest BCUT2D eigenvalue weighted by Crippen LogP contribution is -2.76. The van der Waals surface area contributed by atoms with Crippen LogP contribution in [-0.4, -0.2) is 55.6 Å². The normalized spacial score (nSPS) is 50.9. The molecule has 0 amide bonds. The minimum absolute atomic E-state index is 0.0665. The summed E-state index contributed by atoms with van der Waals surface area (Å²) < 4.78 is 68.4. The molecule has 1 saturated carbocycles. The second-order valence-corrected chi connectivity index (χ2v) is 6.84. The van der Waals surface area contributed by atoms with Crippen LogP contribution in [0.1, 0.15) is 38.6 Å². The lowest BCUT2D eigenvalue weighted by atomic mass is 9.49. The molecule has 0 aromatic heterocycles. The lowest BCUT2D eigenvalue weighted by molar-refractivity contribution is -0.185. The molecular formula is C18H21NO4. The van der Waals surface area contributed by atoms with Crippen LogP contribution in [0.2, 0.25) is 0 Å². The molecule has 1 N–H and O–H groups in total. The smallest absolute Gasteiger partial charge is 0.211 e. The number of hydrogen-bond donors (Lipinski definition) is 1. The quantitative estimate of drug-likeness (QED) is 0.882. The van der Waals surface area contributed by atoms with E-state index >= 15 is 0 Å². The van der Waals surface area contributed by atoms with Crippen LogP contribution >= 0.6 is 0 Å². The average Bonchev–Trinajstić information content (AvgIpc) is 2.92. The Hall–Kier alpha value is -1.59. The van der Waals surface area contributed by atoms with Gasteiger partial charge in [-0.1, -0.05) is 6.07 Å². The molecule has 2 aliphatic carbocycles. The maximum absolute atomic E-state index is 13.1. The predicted molar refractivity (Wildman–Crippen MR) is 83.0 cm³/mol. The molecule has 5 heteroatoms. The van der Waals surface area contributed by atoms with E-state index in [9.17, 15) is 4.79 Å². The number of carbonyl (C=O) groups excluding carboxylic acids is 1. The van der Waals surface area contributed by atoms with Crippen molar-refractivity contribution in [2.75, 3.05) is 20.6 Å². The Bertz CT molecular complexity index is 969. The van der Waals surface area contributed by atoms with E-state index in [4.69, 9.17) is 24.2 Å². The number of rotatable bonds is 2. The second kappa shape index (κ2) is 4.08. The van der Waals surface area contributed by atoms with Gasteiger partial charge in [0.05, 0.1) is 23.5 Å². The second-order valence-electron chi connectivity index (χ2n) is 6.84. The van der Waals surface area contributed by atoms with E-state index < -0.39 is 42.3 Å². The van der Waals surface area contributed by atoms with Crippen LogP contribution in [0.15, 0.2) is 12.1 Å². The molecule has 122 valence electrons. The third-order valence-electron chi connectivity index (χ3n) is 5.96. The van der Waals surface area contributed by atoms with Crippen LogP contribution in [0.5, 0.6) is 11.5 Å². The van der Waals surface area contributed by atoms with Gasteiger partial charge in [0.15, 0.2) is 23.4 Å². The number of nitrogens with zero attached hydrogens (tertiary/aromatic N) is 1. The van der Waals surface area contributed by atoms with Gasteiger partial charge >= 0.3 is 0 Å². The SMILES string of the molecule is [2H]O[C@@]12CCC(=O)C3([2H])Oc4c(OC([2H])([2H])[2H])ccc5c4[C@@]31CCN(C)[C@@H]2C5([2H])[2H]. The first-order chi connectivity index (χ1) is 13.9. The van der Waals surface area contributed by atoms with Crippen LogP contribution in [0.3, 0.4) is 0 Å². The van der Waals surface area contributed by atoms with E-state index in [2.05, 4.69) is 0 Å². The summed E-state index contributed by atoms with van der Waals surface area (Å²) in [5.74, 6) is -0.783. The molecule has 1 spiro atoms. The highest BCUT2D eigenvalue weighted by molar-refractivity contribution is 5.90. The van der Waals surface area contributed by atoms with Gasteiger partial charge in [-0.05, 0) is 44.4 Å². The molecule has 1 aromatic carbocycles. The third-order valence-corrected chi connectivity index (χ3v) is 5.96. The fraction of sp³-hybridized carbons (Fsp3) is 0.611. The standard InChI is InChI=1S/C18H21NO4/c1-19-8-7-17-14-10-3-4-12(22-2)15(14)23-16(17)11(20)5-6-18(17,21)13(19)9-10/h3-4,13,16,21H,5-9H2,1-2H3/t13-,16?,17+,18-/m1/s1/i2D3,9D2,16D,21D. The van der Waals surface area contributed by atoms with Crippen molar-refractivity contribution in [3.63, 3.8) is 0 Å². The van der Waals surface area contributed by atoms with Gasteiger partial charge in [0, 0.05) is 20.8 Å². The van der Waals surface area contributed by atoms with Gasteiger partial charge in [0.2, 0.25) is 1.43 Å². The molecule has 2 heterocycles. The number of ketones is 1. The molecule has 0 radical (unpaired) electrons. The fourth-order valence-electron chi connectivity index (χ4n) is 4.94. The predicted octanol–water partition coefficient (Wildman–Crippen LogP) is 1.05. The van der Waals surface area contributed by atoms with Gasteiger partial charge in [-0.15, -0.1) is 0 Å². The molecule has 4 aliphatic rings. The fourth-order valence-corrected chi connectivity index (χ4v) is 4.94. The largest absolute Gasteiger partial charge is 0.493 e. The van der Waals surface area contributed by atoms with Gasteiger partial charge in [0.1, 0.15) is 0 Å². The number of hydrogen-bond acceptors (Lipinski definition) is 5. The number of ether oxygens (including phenoxy) is 2. The first-order valence-corrected chi connectivity index (χ1v) is 7.80. The number of Topliss-reactive ketones (excluding diaryl/α,β-unsaturated/α-hetero) is 1. The molecule has 1 aromatic rings. The van der Waals surface area contributed by atoms with Gasteiger partial charge in [-0.25, -0.2) is 0 Å². The van der Waals surface area contributed by atoms with Gasteiger partial charge < -0.3 is 19.5 Å². The summed E-state index contributed by atoms with van der Waals surface area (Å²) in [6.07, 6.45) is -3.98. The molecular weight excluding hydrogens is 294 g/mol. The Balaban J connectivity index is 1.90. The van der Waals surface area contributed by atoms with Crippen LogP contribution in [0.4, 0.5) is 0 Å². The first-order valence-electron chi connectivity index (χ1n) is 11.2. The average molecular weight is 322 g/mol. The molecule has 2 fully saturated rings. The van der Waals surface area contributed by atoms with Crippen molar-refractivity contribution in [3.05, 3.63) is 23.3 Å². The van der Waals surface area contributed by atoms with Crippen LogP contribution < -0.4 is 9.47 Å². The summed E-state index contributed by atoms with van der Waals surface area (Å²) >= 11 is 0. The van der Waals surface area contributed by atoms with E-state index in [0.717, 1.165) is 0 Å². The molecule has 2 bridgehead atoms. The minimum Gasteiger partial charge on any atom is -0.493 e. The monoisotopic (exact) mass is 322 g/mol. The number of benzene rings is 1. The lowest BCUT2D eigenvalue weighted by Gasteiger charge is -2.62. The Morgan fingerprint density at radius 3 is 3.35 bits per heavy atom. The van der Waals surface area contributed by atoms with Gasteiger partial charge in [-0.3, -0.25) is 4.79 Å². The van der Waals surface area contributed by atoms with Crippen molar-refractivity contribution >= 4 is 5.78 Å². The zero-order valence-electron chi connectivity index (χ0n) is 19.6. The zero-order valence-corrected chi connectivity index (χ0v) is 12.6. The molecule has 5 nitrogen and oxygen atoms in total. The number of carbonyl (C=O) groups is 1. The molecule has 4 atom stereocenters. The minimum atomic E-state index is -2.80. The Labute approximate surface area is 145 Å². The molecule has 23 heavy (non-hydrogen) atoms. The maximum Gasteiger partial charge on any atom is 0.211 e. The summed E-state index contributed by atoms with van der Waals surface area (Å²) in [4.78, 5) is 14.8. The summed E-state index contributed by atoms with van der Waals surface area (Å²) in [7, 11) is -1.06. The maximum atomic E-state index is 13.1. The van der Waals surface area contributed by atoms with E-state index in [0.29, 0.717) is 6.54 Å². The highest BCUT2D eigenvalue weighted by atomic mass is 16.5. The van der Waals surface area contributed by atoms with Crippen molar-refractivity contribution < 1.29 is 27.6 Å². The van der Waals surface area contributed by atoms with Crippen molar-refractivity contribution in [3.8, 4) is 11.5 Å². The van der Waals surface area contributed by atoms with Crippen LogP contribution in [0.25, 0.3) is 0 Å². The van der Waals surface area contributed by atoms with Gasteiger partial charge in [-0.2, -0.15) is 0 Å². The molecule has 5 rings (SSSR count). The Kier molecular flexibility index (Phi) is 1.51. The topological polar surface area (TPSA) is 59.0 Å². The highest BCUT2D eigenvalue weighted by Gasteiger charge is 2.72. The van der Waals surface area contributed by atoms with Crippen molar-refractivity contribution in [2.45, 2.75) is 48.8 Å². The van der Waals surface area contributed by atoms with E-state index in [1.807, 2.05) is 0 Å². The molecule has 1 saturated heterocycles. The number of methoxy groups -OCH3 is 1. The summed E-state index contributed by atoms with van der Waals surface area (Å²) in [6.45, 7) is 0.357. The van der Waals surface area contributed by atoms with Gasteiger partial charge in [0.25, 0.3) is 0 Å². The number of likely N-dealkylation sites (N-methyl/N-ethyl adjacent to an activating group) is 1. The summed E-state index contributed by atoms with van der Waals surface area (Å²) in [5.41, 5.74) is -2.52. The van der Waals surface area contributed by atoms with Crippen LogP contribution in [-0.2, 0) is 16.6 Å². The molecule has 1 unspecified atom stereocenters.